The van der Waals surface area contributed by atoms with Crippen molar-refractivity contribution in [2.75, 3.05) is 19.7 Å². The van der Waals surface area contributed by atoms with Crippen LogP contribution in [-0.2, 0) is 0 Å². The summed E-state index contributed by atoms with van der Waals surface area (Å²) in [5.41, 5.74) is 1.37. The average molecular weight is 233 g/mol. The minimum atomic E-state index is 0.615. The number of rotatable bonds is 5. The van der Waals surface area contributed by atoms with E-state index in [0.29, 0.717) is 5.92 Å². The fourth-order valence-electron chi connectivity index (χ4n) is 2.28. The Morgan fingerprint density at radius 3 is 3.06 bits per heavy atom. The third-order valence-electron chi connectivity index (χ3n) is 3.66. The van der Waals surface area contributed by atoms with Crippen LogP contribution in [0.25, 0.3) is 0 Å². The molecule has 94 valence electrons. The van der Waals surface area contributed by atoms with Crippen LogP contribution in [0.2, 0.25) is 0 Å². The Bertz CT molecular complexity index is 351. The van der Waals surface area contributed by atoms with Crippen LogP contribution in [0.1, 0.15) is 38.2 Å². The summed E-state index contributed by atoms with van der Waals surface area (Å²) in [6.07, 6.45) is 2.38. The Hall–Kier alpha value is -1.02. The van der Waals surface area contributed by atoms with Crippen LogP contribution in [0.15, 0.2) is 24.3 Å². The first-order valence-electron chi connectivity index (χ1n) is 6.73. The van der Waals surface area contributed by atoms with Crippen molar-refractivity contribution in [3.8, 4) is 5.75 Å². The van der Waals surface area contributed by atoms with Crippen molar-refractivity contribution < 1.29 is 4.74 Å². The Balaban J connectivity index is 1.90. The van der Waals surface area contributed by atoms with Crippen molar-refractivity contribution in [3.63, 3.8) is 0 Å². The maximum atomic E-state index is 5.67. The molecule has 0 fully saturated rings. The van der Waals surface area contributed by atoms with Gasteiger partial charge >= 0.3 is 0 Å². The molecule has 1 aromatic rings. The van der Waals surface area contributed by atoms with E-state index in [1.54, 1.807) is 0 Å². The molecule has 0 bridgehead atoms. The highest BCUT2D eigenvalue weighted by molar-refractivity contribution is 5.37. The molecular weight excluding hydrogens is 210 g/mol. The predicted molar refractivity (Wildman–Crippen MR) is 71.6 cm³/mol. The van der Waals surface area contributed by atoms with Gasteiger partial charge in [0.15, 0.2) is 0 Å². The van der Waals surface area contributed by atoms with Crippen molar-refractivity contribution in [2.24, 2.45) is 5.92 Å². The first-order valence-corrected chi connectivity index (χ1v) is 6.73. The van der Waals surface area contributed by atoms with Crippen molar-refractivity contribution in [1.82, 2.24) is 5.32 Å². The van der Waals surface area contributed by atoms with Gasteiger partial charge < -0.3 is 10.1 Å². The van der Waals surface area contributed by atoms with Crippen molar-refractivity contribution in [2.45, 2.75) is 32.6 Å². The van der Waals surface area contributed by atoms with Gasteiger partial charge in [0.2, 0.25) is 0 Å². The zero-order chi connectivity index (χ0) is 12.1. The monoisotopic (exact) mass is 233 g/mol. The lowest BCUT2D eigenvalue weighted by Crippen LogP contribution is -2.28. The molecule has 17 heavy (non-hydrogen) atoms. The molecule has 1 aliphatic rings. The van der Waals surface area contributed by atoms with Crippen LogP contribution in [0, 0.1) is 5.92 Å². The SMILES string of the molecule is CCC(C)CNCC1CCOc2ccccc21. The normalized spacial score (nSPS) is 20.5. The van der Waals surface area contributed by atoms with Gasteiger partial charge in [0, 0.05) is 12.5 Å². The van der Waals surface area contributed by atoms with Crippen LogP contribution in [0.3, 0.4) is 0 Å². The van der Waals surface area contributed by atoms with E-state index in [2.05, 4.69) is 37.4 Å². The quantitative estimate of drug-likeness (QED) is 0.843. The number of benzene rings is 1. The van der Waals surface area contributed by atoms with Crippen LogP contribution in [0.5, 0.6) is 5.75 Å². The lowest BCUT2D eigenvalue weighted by atomic mass is 9.93. The van der Waals surface area contributed by atoms with Crippen molar-refractivity contribution in [3.05, 3.63) is 29.8 Å². The summed E-state index contributed by atoms with van der Waals surface area (Å²) in [6.45, 7) is 7.59. The Labute approximate surface area is 104 Å². The molecule has 0 radical (unpaired) electrons. The molecule has 0 amide bonds. The summed E-state index contributed by atoms with van der Waals surface area (Å²) < 4.78 is 5.67. The summed E-state index contributed by atoms with van der Waals surface area (Å²) in [4.78, 5) is 0. The number of ether oxygens (including phenoxy) is 1. The molecule has 2 heteroatoms. The van der Waals surface area contributed by atoms with Gasteiger partial charge in [-0.2, -0.15) is 0 Å². The van der Waals surface area contributed by atoms with E-state index in [9.17, 15) is 0 Å². The first-order chi connectivity index (χ1) is 8.31. The summed E-state index contributed by atoms with van der Waals surface area (Å²) in [7, 11) is 0. The third-order valence-corrected chi connectivity index (χ3v) is 3.66. The maximum absolute atomic E-state index is 5.67. The van der Waals surface area contributed by atoms with Gasteiger partial charge in [0.05, 0.1) is 6.61 Å². The second-order valence-electron chi connectivity index (χ2n) is 5.04. The number of nitrogens with one attached hydrogen (secondary N) is 1. The smallest absolute Gasteiger partial charge is 0.122 e. The largest absolute Gasteiger partial charge is 0.493 e. The van der Waals surface area contributed by atoms with Crippen LogP contribution < -0.4 is 10.1 Å². The van der Waals surface area contributed by atoms with Crippen LogP contribution in [0.4, 0.5) is 0 Å². The van der Waals surface area contributed by atoms with E-state index >= 15 is 0 Å². The zero-order valence-corrected chi connectivity index (χ0v) is 10.9. The highest BCUT2D eigenvalue weighted by Crippen LogP contribution is 2.32. The van der Waals surface area contributed by atoms with Crippen LogP contribution >= 0.6 is 0 Å². The van der Waals surface area contributed by atoms with E-state index < -0.39 is 0 Å². The second kappa shape index (κ2) is 6.06. The van der Waals surface area contributed by atoms with E-state index in [-0.39, 0.29) is 0 Å². The van der Waals surface area contributed by atoms with E-state index in [4.69, 9.17) is 4.74 Å². The lowest BCUT2D eigenvalue weighted by molar-refractivity contribution is 0.263. The van der Waals surface area contributed by atoms with Crippen LogP contribution in [-0.4, -0.2) is 19.7 Å². The first kappa shape index (κ1) is 12.4. The highest BCUT2D eigenvalue weighted by Gasteiger charge is 2.20. The Morgan fingerprint density at radius 1 is 1.41 bits per heavy atom. The second-order valence-corrected chi connectivity index (χ2v) is 5.04. The Morgan fingerprint density at radius 2 is 2.24 bits per heavy atom. The van der Waals surface area contributed by atoms with Gasteiger partial charge in [-0.1, -0.05) is 38.5 Å². The maximum Gasteiger partial charge on any atom is 0.122 e. The molecule has 1 heterocycles. The zero-order valence-electron chi connectivity index (χ0n) is 10.9. The molecule has 1 aliphatic heterocycles. The number of hydrogen-bond acceptors (Lipinski definition) is 2. The highest BCUT2D eigenvalue weighted by atomic mass is 16.5. The van der Waals surface area contributed by atoms with Gasteiger partial charge in [-0.05, 0) is 30.5 Å². The van der Waals surface area contributed by atoms with Gasteiger partial charge in [0.1, 0.15) is 5.75 Å². The summed E-state index contributed by atoms with van der Waals surface area (Å²) in [5.74, 6) is 2.46. The number of fused-ring (bicyclic) bond motifs is 1. The molecule has 0 saturated carbocycles. The molecule has 0 aromatic heterocycles. The number of hydrogen-bond donors (Lipinski definition) is 1. The van der Waals surface area contributed by atoms with Gasteiger partial charge in [-0.15, -0.1) is 0 Å². The number of para-hydroxylation sites is 1. The summed E-state index contributed by atoms with van der Waals surface area (Å²) in [6, 6.07) is 8.43. The minimum absolute atomic E-state index is 0.615. The third kappa shape index (κ3) is 3.22. The van der Waals surface area contributed by atoms with E-state index in [1.807, 2.05) is 6.07 Å². The Kier molecular flexibility index (Phi) is 4.43. The molecule has 0 spiro atoms. The van der Waals surface area contributed by atoms with Gasteiger partial charge in [0.25, 0.3) is 0 Å². The molecule has 2 nitrogen and oxygen atoms in total. The summed E-state index contributed by atoms with van der Waals surface area (Å²) in [5, 5.41) is 3.59. The minimum Gasteiger partial charge on any atom is -0.493 e. The topological polar surface area (TPSA) is 21.3 Å². The molecule has 1 N–H and O–H groups in total. The van der Waals surface area contributed by atoms with Crippen molar-refractivity contribution in [1.29, 1.82) is 0 Å². The lowest BCUT2D eigenvalue weighted by Gasteiger charge is -2.26. The van der Waals surface area contributed by atoms with Gasteiger partial charge in [-0.25, -0.2) is 0 Å². The molecule has 0 saturated heterocycles. The molecular formula is C15H23NO. The standard InChI is InChI=1S/C15H23NO/c1-3-12(2)10-16-11-13-8-9-17-15-7-5-4-6-14(13)15/h4-7,12-13,16H,3,8-11H2,1-2H3. The molecule has 2 atom stereocenters. The van der Waals surface area contributed by atoms with Gasteiger partial charge in [-0.3, -0.25) is 0 Å². The molecule has 2 unspecified atom stereocenters. The van der Waals surface area contributed by atoms with E-state index in [1.165, 1.54) is 12.0 Å². The fourth-order valence-corrected chi connectivity index (χ4v) is 2.28. The molecule has 1 aromatic carbocycles. The predicted octanol–water partition coefficient (Wildman–Crippen LogP) is 3.19. The molecule has 0 aliphatic carbocycles. The van der Waals surface area contributed by atoms with E-state index in [0.717, 1.165) is 37.8 Å². The fraction of sp³-hybridized carbons (Fsp3) is 0.600. The molecule has 2 rings (SSSR count). The van der Waals surface area contributed by atoms with Crippen molar-refractivity contribution >= 4 is 0 Å². The summed E-state index contributed by atoms with van der Waals surface area (Å²) >= 11 is 0. The average Bonchev–Trinajstić information content (AvgIpc) is 2.39.